The van der Waals surface area contributed by atoms with Gasteiger partial charge in [0, 0.05) is 0 Å². The number of esters is 1. The van der Waals surface area contributed by atoms with E-state index in [1.807, 2.05) is 6.92 Å². The summed E-state index contributed by atoms with van der Waals surface area (Å²) < 4.78 is 4.77. The van der Waals surface area contributed by atoms with Crippen LogP contribution in [0.5, 0.6) is 0 Å². The standard InChI is InChI=1S/C7H12O2/c1-3-4-6-5(2)9-7(6)8/h5-6H,3-4H2,1-2H3. The van der Waals surface area contributed by atoms with E-state index in [0.717, 1.165) is 12.8 Å². The summed E-state index contributed by atoms with van der Waals surface area (Å²) in [6.45, 7) is 4.03. The minimum Gasteiger partial charge on any atom is -0.461 e. The molecule has 0 aromatic rings. The van der Waals surface area contributed by atoms with E-state index in [1.54, 1.807) is 0 Å². The second-order valence-corrected chi connectivity index (χ2v) is 2.54. The first-order chi connectivity index (χ1) is 4.25. The summed E-state index contributed by atoms with van der Waals surface area (Å²) in [5.74, 6) is 0.194. The van der Waals surface area contributed by atoms with Crippen molar-refractivity contribution in [2.24, 2.45) is 5.92 Å². The highest BCUT2D eigenvalue weighted by Crippen LogP contribution is 2.25. The lowest BCUT2D eigenvalue weighted by Crippen LogP contribution is -2.42. The molecule has 0 aromatic heterocycles. The average molecular weight is 128 g/mol. The van der Waals surface area contributed by atoms with Crippen LogP contribution in [0.25, 0.3) is 0 Å². The molecule has 1 fully saturated rings. The van der Waals surface area contributed by atoms with Crippen molar-refractivity contribution in [3.05, 3.63) is 0 Å². The molecule has 2 unspecified atom stereocenters. The molecule has 0 amide bonds. The summed E-state index contributed by atoms with van der Waals surface area (Å²) in [6.07, 6.45) is 2.24. The van der Waals surface area contributed by atoms with Gasteiger partial charge in [-0.3, -0.25) is 4.79 Å². The van der Waals surface area contributed by atoms with Gasteiger partial charge in [0.05, 0.1) is 5.92 Å². The largest absolute Gasteiger partial charge is 0.461 e. The van der Waals surface area contributed by atoms with Crippen LogP contribution < -0.4 is 0 Å². The van der Waals surface area contributed by atoms with Crippen LogP contribution in [-0.2, 0) is 9.53 Å². The highest BCUT2D eigenvalue weighted by atomic mass is 16.6. The van der Waals surface area contributed by atoms with Gasteiger partial charge >= 0.3 is 5.97 Å². The molecule has 0 N–H and O–H groups in total. The summed E-state index contributed by atoms with van der Waals surface area (Å²) >= 11 is 0. The van der Waals surface area contributed by atoms with E-state index in [0.29, 0.717) is 0 Å². The molecule has 9 heavy (non-hydrogen) atoms. The van der Waals surface area contributed by atoms with Crippen molar-refractivity contribution in [2.45, 2.75) is 32.8 Å². The second-order valence-electron chi connectivity index (χ2n) is 2.54. The van der Waals surface area contributed by atoms with Crippen LogP contribution in [0.4, 0.5) is 0 Å². The number of carbonyl (C=O) groups is 1. The highest BCUT2D eigenvalue weighted by Gasteiger charge is 2.37. The smallest absolute Gasteiger partial charge is 0.312 e. The maximum Gasteiger partial charge on any atom is 0.312 e. The first-order valence-corrected chi connectivity index (χ1v) is 3.46. The molecule has 1 saturated heterocycles. The SMILES string of the molecule is CCCC1C(=O)OC1C. The Bertz CT molecular complexity index is 120. The van der Waals surface area contributed by atoms with Crippen molar-refractivity contribution < 1.29 is 9.53 Å². The van der Waals surface area contributed by atoms with Gasteiger partial charge < -0.3 is 4.74 Å². The molecule has 52 valence electrons. The van der Waals surface area contributed by atoms with Gasteiger partial charge in [-0.05, 0) is 13.3 Å². The third-order valence-corrected chi connectivity index (χ3v) is 1.77. The third-order valence-electron chi connectivity index (χ3n) is 1.77. The van der Waals surface area contributed by atoms with E-state index in [4.69, 9.17) is 4.74 Å². The lowest BCUT2D eigenvalue weighted by Gasteiger charge is -2.31. The van der Waals surface area contributed by atoms with E-state index in [1.165, 1.54) is 0 Å². The predicted octanol–water partition coefficient (Wildman–Crippen LogP) is 1.35. The maximum absolute atomic E-state index is 10.6. The fourth-order valence-electron chi connectivity index (χ4n) is 1.14. The average Bonchev–Trinajstić information content (AvgIpc) is 1.84. The quantitative estimate of drug-likeness (QED) is 0.525. The second kappa shape index (κ2) is 2.38. The Morgan fingerprint density at radius 3 is 2.56 bits per heavy atom. The molecule has 1 aliphatic rings. The van der Waals surface area contributed by atoms with Crippen LogP contribution in [0.15, 0.2) is 0 Å². The van der Waals surface area contributed by atoms with Crippen LogP contribution in [0.2, 0.25) is 0 Å². The Morgan fingerprint density at radius 1 is 1.67 bits per heavy atom. The van der Waals surface area contributed by atoms with Gasteiger partial charge in [0.1, 0.15) is 6.10 Å². The van der Waals surface area contributed by atoms with Crippen molar-refractivity contribution in [2.75, 3.05) is 0 Å². The number of ether oxygens (including phenoxy) is 1. The summed E-state index contributed by atoms with van der Waals surface area (Å²) in [7, 11) is 0. The van der Waals surface area contributed by atoms with Crippen molar-refractivity contribution in [3.63, 3.8) is 0 Å². The Balaban J connectivity index is 2.30. The summed E-state index contributed by atoms with van der Waals surface area (Å²) in [5, 5.41) is 0. The van der Waals surface area contributed by atoms with Crippen LogP contribution in [-0.4, -0.2) is 12.1 Å². The van der Waals surface area contributed by atoms with Crippen molar-refractivity contribution in [3.8, 4) is 0 Å². The molecule has 1 rings (SSSR count). The zero-order chi connectivity index (χ0) is 6.85. The van der Waals surface area contributed by atoms with Gasteiger partial charge in [0.2, 0.25) is 0 Å². The summed E-state index contributed by atoms with van der Waals surface area (Å²) in [5.41, 5.74) is 0. The first kappa shape index (κ1) is 6.59. The number of cyclic esters (lactones) is 1. The van der Waals surface area contributed by atoms with Crippen molar-refractivity contribution in [1.82, 2.24) is 0 Å². The van der Waals surface area contributed by atoms with Gasteiger partial charge in [-0.15, -0.1) is 0 Å². The topological polar surface area (TPSA) is 26.3 Å². The minimum atomic E-state index is -0.00986. The number of hydrogen-bond donors (Lipinski definition) is 0. The Morgan fingerprint density at radius 2 is 2.33 bits per heavy atom. The Kier molecular flexibility index (Phi) is 1.74. The zero-order valence-electron chi connectivity index (χ0n) is 5.89. The lowest BCUT2D eigenvalue weighted by atomic mass is 9.94. The van der Waals surface area contributed by atoms with Crippen molar-refractivity contribution >= 4 is 5.97 Å². The molecule has 2 nitrogen and oxygen atoms in total. The molecule has 2 atom stereocenters. The van der Waals surface area contributed by atoms with Crippen LogP contribution in [0, 0.1) is 5.92 Å². The molecule has 0 spiro atoms. The number of carbonyl (C=O) groups excluding carboxylic acids is 1. The Hall–Kier alpha value is -0.530. The van der Waals surface area contributed by atoms with Gasteiger partial charge in [-0.1, -0.05) is 13.3 Å². The van der Waals surface area contributed by atoms with E-state index in [2.05, 4.69) is 6.92 Å². The normalized spacial score (nSPS) is 33.3. The predicted molar refractivity (Wildman–Crippen MR) is 34.0 cm³/mol. The molecule has 0 radical (unpaired) electrons. The third kappa shape index (κ3) is 1.07. The van der Waals surface area contributed by atoms with Gasteiger partial charge in [-0.25, -0.2) is 0 Å². The highest BCUT2D eigenvalue weighted by molar-refractivity contribution is 5.78. The number of hydrogen-bond acceptors (Lipinski definition) is 2. The summed E-state index contributed by atoms with van der Waals surface area (Å²) in [6, 6.07) is 0. The molecule has 0 saturated carbocycles. The van der Waals surface area contributed by atoms with Gasteiger partial charge in [0.25, 0.3) is 0 Å². The minimum absolute atomic E-state index is 0.00986. The molecular weight excluding hydrogens is 116 g/mol. The molecule has 0 bridgehead atoms. The summed E-state index contributed by atoms with van der Waals surface area (Å²) in [4.78, 5) is 10.6. The maximum atomic E-state index is 10.6. The molecule has 0 aromatic carbocycles. The fourth-order valence-corrected chi connectivity index (χ4v) is 1.14. The molecule has 2 heteroatoms. The van der Waals surface area contributed by atoms with E-state index < -0.39 is 0 Å². The van der Waals surface area contributed by atoms with Gasteiger partial charge in [0.15, 0.2) is 0 Å². The van der Waals surface area contributed by atoms with E-state index in [9.17, 15) is 4.79 Å². The van der Waals surface area contributed by atoms with Crippen LogP contribution in [0.3, 0.4) is 0 Å². The van der Waals surface area contributed by atoms with Crippen LogP contribution in [0.1, 0.15) is 26.7 Å². The fraction of sp³-hybridized carbons (Fsp3) is 0.857. The Labute approximate surface area is 55.2 Å². The van der Waals surface area contributed by atoms with E-state index >= 15 is 0 Å². The molecule has 1 heterocycles. The number of rotatable bonds is 2. The van der Waals surface area contributed by atoms with Gasteiger partial charge in [-0.2, -0.15) is 0 Å². The monoisotopic (exact) mass is 128 g/mol. The van der Waals surface area contributed by atoms with Crippen molar-refractivity contribution in [1.29, 1.82) is 0 Å². The molecular formula is C7H12O2. The van der Waals surface area contributed by atoms with E-state index in [-0.39, 0.29) is 18.0 Å². The zero-order valence-corrected chi connectivity index (χ0v) is 5.89. The molecule has 1 aliphatic heterocycles. The van der Waals surface area contributed by atoms with Crippen LogP contribution >= 0.6 is 0 Å². The molecule has 0 aliphatic carbocycles. The lowest BCUT2D eigenvalue weighted by molar-refractivity contribution is -0.182. The first-order valence-electron chi connectivity index (χ1n) is 3.46.